The molecule has 8 nitrogen and oxygen atoms in total. The first-order valence-electron chi connectivity index (χ1n) is 7.49. The predicted molar refractivity (Wildman–Crippen MR) is 81.2 cm³/mol. The first kappa shape index (κ1) is 18.1. The average molecular weight is 311 g/mol. The Labute approximate surface area is 130 Å². The van der Waals surface area contributed by atoms with Crippen LogP contribution in [0.25, 0.3) is 0 Å². The van der Waals surface area contributed by atoms with Crippen LogP contribution >= 0.6 is 0 Å². The van der Waals surface area contributed by atoms with Gasteiger partial charge in [-0.1, -0.05) is 6.92 Å². The summed E-state index contributed by atoms with van der Waals surface area (Å²) in [6, 6.07) is 0. The molecule has 1 amide bonds. The second-order valence-electron chi connectivity index (χ2n) is 5.36. The number of likely N-dealkylation sites (tertiary alicyclic amines) is 1. The van der Waals surface area contributed by atoms with Crippen LogP contribution in [0.1, 0.15) is 25.6 Å². The van der Waals surface area contributed by atoms with E-state index in [2.05, 4.69) is 20.3 Å². The molecule has 22 heavy (non-hydrogen) atoms. The number of hydrogen-bond acceptors (Lipinski definition) is 5. The molecule has 0 saturated carbocycles. The van der Waals surface area contributed by atoms with Crippen LogP contribution in [0, 0.1) is 5.92 Å². The second kappa shape index (κ2) is 9.88. The van der Waals surface area contributed by atoms with E-state index < -0.39 is 0 Å². The molecule has 1 aliphatic heterocycles. The fraction of sp³-hybridized carbons (Fsp3) is 0.714. The number of aryl methyl sites for hydroxylation is 1. The van der Waals surface area contributed by atoms with E-state index in [1.165, 1.54) is 19.2 Å². The van der Waals surface area contributed by atoms with Gasteiger partial charge in [-0.15, -0.1) is 0 Å². The van der Waals surface area contributed by atoms with Gasteiger partial charge in [0.25, 0.3) is 6.47 Å². The zero-order valence-electron chi connectivity index (χ0n) is 13.2. The molecule has 1 aliphatic rings. The van der Waals surface area contributed by atoms with Gasteiger partial charge >= 0.3 is 0 Å². The summed E-state index contributed by atoms with van der Waals surface area (Å²) in [5.74, 6) is 1.08. The van der Waals surface area contributed by atoms with E-state index in [0.717, 1.165) is 31.9 Å². The van der Waals surface area contributed by atoms with E-state index in [1.54, 1.807) is 4.68 Å². The minimum atomic E-state index is -0.250. The van der Waals surface area contributed by atoms with Crippen molar-refractivity contribution in [2.75, 3.05) is 26.2 Å². The molecule has 1 saturated heterocycles. The third-order valence-corrected chi connectivity index (χ3v) is 3.63. The van der Waals surface area contributed by atoms with Crippen LogP contribution in [0.4, 0.5) is 0 Å². The number of carbonyl (C=O) groups excluding carboxylic acids is 1. The van der Waals surface area contributed by atoms with Gasteiger partial charge in [-0.2, -0.15) is 5.10 Å². The van der Waals surface area contributed by atoms with Gasteiger partial charge in [0.2, 0.25) is 5.91 Å². The fourth-order valence-corrected chi connectivity index (χ4v) is 2.45. The van der Waals surface area contributed by atoms with Crippen molar-refractivity contribution >= 4 is 12.4 Å². The van der Waals surface area contributed by atoms with Gasteiger partial charge in [0.1, 0.15) is 12.2 Å². The van der Waals surface area contributed by atoms with Gasteiger partial charge in [-0.05, 0) is 25.9 Å². The van der Waals surface area contributed by atoms with E-state index in [-0.39, 0.29) is 18.3 Å². The Balaban J connectivity index is 0.000000745. The molecule has 8 heteroatoms. The highest BCUT2D eigenvalue weighted by Gasteiger charge is 2.19. The summed E-state index contributed by atoms with van der Waals surface area (Å²) in [7, 11) is 1.86. The fourth-order valence-electron chi connectivity index (χ4n) is 2.45. The number of nitrogens with one attached hydrogen (secondary N) is 1. The summed E-state index contributed by atoms with van der Waals surface area (Å²) in [5, 5.41) is 13.9. The monoisotopic (exact) mass is 311 g/mol. The lowest BCUT2D eigenvalue weighted by molar-refractivity contribution is -0.125. The van der Waals surface area contributed by atoms with Crippen molar-refractivity contribution in [2.45, 2.75) is 26.2 Å². The van der Waals surface area contributed by atoms with Crippen molar-refractivity contribution < 1.29 is 14.7 Å². The molecule has 0 aliphatic carbocycles. The topological polar surface area (TPSA) is 100 Å². The molecular weight excluding hydrogens is 286 g/mol. The van der Waals surface area contributed by atoms with Crippen molar-refractivity contribution in [3.05, 3.63) is 12.2 Å². The largest absolute Gasteiger partial charge is 0.483 e. The summed E-state index contributed by atoms with van der Waals surface area (Å²) in [4.78, 5) is 26.8. The van der Waals surface area contributed by atoms with Crippen LogP contribution in [0.5, 0.6) is 0 Å². The van der Waals surface area contributed by atoms with E-state index in [4.69, 9.17) is 9.90 Å². The van der Waals surface area contributed by atoms with Gasteiger partial charge in [0, 0.05) is 32.5 Å². The lowest BCUT2D eigenvalue weighted by Crippen LogP contribution is -2.37. The van der Waals surface area contributed by atoms with Crippen LogP contribution in [-0.2, 0) is 23.1 Å². The Kier molecular flexibility index (Phi) is 8.13. The number of rotatable bonds is 6. The van der Waals surface area contributed by atoms with Crippen molar-refractivity contribution in [3.8, 4) is 0 Å². The summed E-state index contributed by atoms with van der Waals surface area (Å²) in [6.45, 7) is 5.51. The standard InChI is InChI=1S/C13H23N5O.CH2O2/c1-11(9-18-7-3-4-8-18)13(19)14-6-5-12-15-10-16-17(12)2;2-1-3/h10-11H,3-9H2,1-2H3,(H,14,19);1H,(H,2,3). The Bertz CT molecular complexity index is 457. The van der Waals surface area contributed by atoms with Gasteiger partial charge in [0.15, 0.2) is 0 Å². The zero-order valence-corrected chi connectivity index (χ0v) is 13.2. The molecule has 1 atom stereocenters. The third kappa shape index (κ3) is 6.21. The Hall–Kier alpha value is -1.96. The molecule has 0 bridgehead atoms. The third-order valence-electron chi connectivity index (χ3n) is 3.63. The van der Waals surface area contributed by atoms with Crippen LogP contribution in [0.3, 0.4) is 0 Å². The van der Waals surface area contributed by atoms with Crippen molar-refractivity contribution in [1.82, 2.24) is 25.0 Å². The highest BCUT2D eigenvalue weighted by atomic mass is 16.3. The second-order valence-corrected chi connectivity index (χ2v) is 5.36. The molecule has 1 unspecified atom stereocenters. The Morgan fingerprint density at radius 2 is 2.14 bits per heavy atom. The first-order valence-corrected chi connectivity index (χ1v) is 7.49. The van der Waals surface area contributed by atoms with E-state index in [9.17, 15) is 4.79 Å². The maximum absolute atomic E-state index is 12.0. The molecule has 124 valence electrons. The molecular formula is C14H25N5O3. The lowest BCUT2D eigenvalue weighted by Gasteiger charge is -2.19. The zero-order chi connectivity index (χ0) is 16.4. The van der Waals surface area contributed by atoms with Crippen LogP contribution in [-0.4, -0.2) is 63.3 Å². The van der Waals surface area contributed by atoms with E-state index in [0.29, 0.717) is 6.54 Å². The molecule has 0 spiro atoms. The maximum atomic E-state index is 12.0. The van der Waals surface area contributed by atoms with Gasteiger partial charge in [0.05, 0.1) is 0 Å². The van der Waals surface area contributed by atoms with Gasteiger partial charge < -0.3 is 15.3 Å². The molecule has 1 aromatic rings. The van der Waals surface area contributed by atoms with Crippen molar-refractivity contribution in [2.24, 2.45) is 13.0 Å². The number of nitrogens with zero attached hydrogens (tertiary/aromatic N) is 4. The number of amides is 1. The SMILES string of the molecule is CC(CN1CCCC1)C(=O)NCCc1ncnn1C.O=CO. The number of carboxylic acid groups (broad SMARTS) is 1. The molecule has 1 fully saturated rings. The molecule has 1 aromatic heterocycles. The molecule has 2 N–H and O–H groups in total. The van der Waals surface area contributed by atoms with E-state index >= 15 is 0 Å². The number of carbonyl (C=O) groups is 2. The summed E-state index contributed by atoms with van der Waals surface area (Å²) in [5.41, 5.74) is 0. The highest BCUT2D eigenvalue weighted by Crippen LogP contribution is 2.10. The summed E-state index contributed by atoms with van der Waals surface area (Å²) < 4.78 is 1.74. The van der Waals surface area contributed by atoms with Crippen LogP contribution in [0.2, 0.25) is 0 Å². The molecule has 2 rings (SSSR count). The number of aromatic nitrogens is 3. The molecule has 0 aromatic carbocycles. The quantitative estimate of drug-likeness (QED) is 0.712. The summed E-state index contributed by atoms with van der Waals surface area (Å²) >= 11 is 0. The van der Waals surface area contributed by atoms with Crippen LogP contribution in [0.15, 0.2) is 6.33 Å². The molecule has 0 radical (unpaired) electrons. The Morgan fingerprint density at radius 3 is 2.68 bits per heavy atom. The van der Waals surface area contributed by atoms with Gasteiger partial charge in [-0.25, -0.2) is 4.98 Å². The van der Waals surface area contributed by atoms with Crippen molar-refractivity contribution in [1.29, 1.82) is 0 Å². The van der Waals surface area contributed by atoms with E-state index in [1.807, 2.05) is 14.0 Å². The minimum Gasteiger partial charge on any atom is -0.483 e. The van der Waals surface area contributed by atoms with Gasteiger partial charge in [-0.3, -0.25) is 14.3 Å². The Morgan fingerprint density at radius 1 is 1.50 bits per heavy atom. The normalized spacial score (nSPS) is 15.7. The predicted octanol–water partition coefficient (Wildman–Crippen LogP) is -0.0935. The van der Waals surface area contributed by atoms with Crippen molar-refractivity contribution in [3.63, 3.8) is 0 Å². The first-order chi connectivity index (χ1) is 10.6. The smallest absolute Gasteiger partial charge is 0.290 e. The molecule has 2 heterocycles. The van der Waals surface area contributed by atoms with Crippen LogP contribution < -0.4 is 5.32 Å². The lowest BCUT2D eigenvalue weighted by atomic mass is 10.1. The number of hydrogen-bond donors (Lipinski definition) is 2. The average Bonchev–Trinajstić information content (AvgIpc) is 3.12. The maximum Gasteiger partial charge on any atom is 0.290 e. The summed E-state index contributed by atoms with van der Waals surface area (Å²) in [6.07, 6.45) is 4.78. The minimum absolute atomic E-state index is 0.0533. The highest BCUT2D eigenvalue weighted by molar-refractivity contribution is 5.78.